The monoisotopic (exact) mass is 229 g/mol. The number of carbonyl (C=O) groups is 2. The molecule has 1 N–H and O–H groups in total. The van der Waals surface area contributed by atoms with Crippen molar-refractivity contribution in [3.63, 3.8) is 0 Å². The minimum absolute atomic E-state index is 0.0996. The lowest BCUT2D eigenvalue weighted by Crippen LogP contribution is -2.39. The van der Waals surface area contributed by atoms with E-state index in [0.29, 0.717) is 12.8 Å². The van der Waals surface area contributed by atoms with Crippen LogP contribution in [0.2, 0.25) is 0 Å². The predicted molar refractivity (Wildman–Crippen MR) is 65.3 cm³/mol. The van der Waals surface area contributed by atoms with Crippen LogP contribution in [0.1, 0.15) is 25.3 Å². The highest BCUT2D eigenvalue weighted by Gasteiger charge is 2.34. The van der Waals surface area contributed by atoms with Crippen molar-refractivity contribution in [3.8, 4) is 0 Å². The third-order valence-corrected chi connectivity index (χ3v) is 3.03. The van der Waals surface area contributed by atoms with Gasteiger partial charge in [0.15, 0.2) is 0 Å². The molecule has 17 heavy (non-hydrogen) atoms. The minimum Gasteiger partial charge on any atom is -0.340 e. The van der Waals surface area contributed by atoms with Crippen LogP contribution in [0.4, 0.5) is 0 Å². The summed E-state index contributed by atoms with van der Waals surface area (Å²) in [6.45, 7) is 1.57. The lowest BCUT2D eigenvalue weighted by molar-refractivity contribution is -0.119. The van der Waals surface area contributed by atoms with E-state index in [1.165, 1.54) is 6.08 Å². The molecule has 0 aliphatic carbocycles. The Labute approximate surface area is 101 Å². The van der Waals surface area contributed by atoms with Crippen LogP contribution >= 0.6 is 0 Å². The average Bonchev–Trinajstić information content (AvgIpc) is 2.71. The second kappa shape index (κ2) is 4.53. The zero-order chi connectivity index (χ0) is 12.3. The molecule has 1 aromatic carbocycles. The highest BCUT2D eigenvalue weighted by molar-refractivity contribution is 5.91. The fraction of sp³-hybridized carbons (Fsp3) is 0.286. The molecule has 0 spiro atoms. The van der Waals surface area contributed by atoms with E-state index in [0.717, 1.165) is 5.56 Å². The van der Waals surface area contributed by atoms with Crippen LogP contribution in [0.15, 0.2) is 42.5 Å². The molecule has 1 amide bonds. The first-order valence-electron chi connectivity index (χ1n) is 5.69. The van der Waals surface area contributed by atoms with Crippen molar-refractivity contribution in [1.29, 1.82) is 0 Å². The number of hydrogen-bond donors (Lipinski definition) is 1. The molecule has 1 aliphatic heterocycles. The van der Waals surface area contributed by atoms with Crippen molar-refractivity contribution in [3.05, 3.63) is 48.0 Å². The number of benzene rings is 1. The van der Waals surface area contributed by atoms with Gasteiger partial charge in [-0.3, -0.25) is 4.79 Å². The summed E-state index contributed by atoms with van der Waals surface area (Å²) in [4.78, 5) is 22.5. The Kier molecular flexibility index (Phi) is 3.09. The molecule has 3 heteroatoms. The highest BCUT2D eigenvalue weighted by Crippen LogP contribution is 2.31. The second-order valence-electron chi connectivity index (χ2n) is 4.36. The van der Waals surface area contributed by atoms with Crippen molar-refractivity contribution in [2.24, 2.45) is 0 Å². The molecule has 0 bridgehead atoms. The Bertz CT molecular complexity index is 464. The first-order valence-corrected chi connectivity index (χ1v) is 5.69. The third kappa shape index (κ3) is 2.44. The van der Waals surface area contributed by atoms with Crippen molar-refractivity contribution in [2.75, 3.05) is 0 Å². The molecule has 1 heterocycles. The maximum atomic E-state index is 11.4. The number of hydrogen-bond acceptors (Lipinski definition) is 2. The maximum Gasteiger partial charge on any atom is 0.244 e. The van der Waals surface area contributed by atoms with E-state index in [2.05, 4.69) is 5.32 Å². The topological polar surface area (TPSA) is 46.2 Å². The number of rotatable bonds is 4. The molecule has 1 atom stereocenters. The molecule has 1 aliphatic rings. The van der Waals surface area contributed by atoms with Crippen LogP contribution in [0.3, 0.4) is 0 Å². The van der Waals surface area contributed by atoms with Gasteiger partial charge in [0.25, 0.3) is 0 Å². The van der Waals surface area contributed by atoms with Crippen molar-refractivity contribution >= 4 is 11.7 Å². The van der Waals surface area contributed by atoms with Crippen LogP contribution in [-0.2, 0) is 15.1 Å². The molecule has 0 aromatic heterocycles. The predicted octanol–water partition coefficient (Wildman–Crippen LogP) is 1.94. The molecule has 0 fully saturated rings. The zero-order valence-corrected chi connectivity index (χ0v) is 9.77. The van der Waals surface area contributed by atoms with Gasteiger partial charge in [0.2, 0.25) is 5.91 Å². The van der Waals surface area contributed by atoms with E-state index in [1.54, 1.807) is 6.92 Å². The Morgan fingerprint density at radius 2 is 2.00 bits per heavy atom. The summed E-state index contributed by atoms with van der Waals surface area (Å²) in [5, 5.41) is 2.94. The summed E-state index contributed by atoms with van der Waals surface area (Å²) in [5.74, 6) is 0.0345. The average molecular weight is 229 g/mol. The minimum atomic E-state index is -0.510. The quantitative estimate of drug-likeness (QED) is 0.857. The summed E-state index contributed by atoms with van der Waals surface area (Å²) in [6, 6.07) is 9.74. The van der Waals surface area contributed by atoms with E-state index in [4.69, 9.17) is 0 Å². The lowest BCUT2D eigenvalue weighted by Gasteiger charge is -2.28. The van der Waals surface area contributed by atoms with Crippen LogP contribution in [0.5, 0.6) is 0 Å². The standard InChI is InChI=1S/C14H15NO2/c1-11(16)7-9-14(10-8-13(17)15-14)12-5-3-2-4-6-12/h2-6,8,10H,7,9H2,1H3,(H,15,17)/t14-/m1/s1. The summed E-state index contributed by atoms with van der Waals surface area (Å²) in [5.41, 5.74) is 0.507. The molecule has 1 aromatic rings. The Morgan fingerprint density at radius 1 is 1.29 bits per heavy atom. The van der Waals surface area contributed by atoms with Gasteiger partial charge in [0.05, 0.1) is 5.54 Å². The summed E-state index contributed by atoms with van der Waals surface area (Å²) in [6.07, 6.45) is 4.45. The van der Waals surface area contributed by atoms with Gasteiger partial charge in [-0.25, -0.2) is 0 Å². The van der Waals surface area contributed by atoms with Gasteiger partial charge in [-0.2, -0.15) is 0 Å². The third-order valence-electron chi connectivity index (χ3n) is 3.03. The van der Waals surface area contributed by atoms with Gasteiger partial charge in [-0.1, -0.05) is 30.3 Å². The van der Waals surface area contributed by atoms with E-state index in [1.807, 2.05) is 36.4 Å². The first-order chi connectivity index (χ1) is 8.12. The maximum absolute atomic E-state index is 11.4. The Hall–Kier alpha value is -1.90. The van der Waals surface area contributed by atoms with Crippen molar-refractivity contribution in [2.45, 2.75) is 25.3 Å². The van der Waals surface area contributed by atoms with Crippen LogP contribution in [-0.4, -0.2) is 11.7 Å². The largest absolute Gasteiger partial charge is 0.340 e. The second-order valence-corrected chi connectivity index (χ2v) is 4.36. The van der Waals surface area contributed by atoms with E-state index in [9.17, 15) is 9.59 Å². The van der Waals surface area contributed by atoms with Gasteiger partial charge in [-0.15, -0.1) is 0 Å². The fourth-order valence-electron chi connectivity index (χ4n) is 2.09. The molecule has 0 radical (unpaired) electrons. The van der Waals surface area contributed by atoms with Gasteiger partial charge in [0, 0.05) is 12.5 Å². The van der Waals surface area contributed by atoms with E-state index < -0.39 is 5.54 Å². The van der Waals surface area contributed by atoms with Gasteiger partial charge >= 0.3 is 0 Å². The first kappa shape index (κ1) is 11.6. The number of amides is 1. The molecule has 0 unspecified atom stereocenters. The van der Waals surface area contributed by atoms with Crippen LogP contribution in [0, 0.1) is 0 Å². The summed E-state index contributed by atoms with van der Waals surface area (Å²) >= 11 is 0. The smallest absolute Gasteiger partial charge is 0.244 e. The lowest BCUT2D eigenvalue weighted by atomic mass is 9.86. The van der Waals surface area contributed by atoms with Crippen molar-refractivity contribution in [1.82, 2.24) is 5.32 Å². The van der Waals surface area contributed by atoms with E-state index in [-0.39, 0.29) is 11.7 Å². The molecule has 2 rings (SSSR count). The SMILES string of the molecule is CC(=O)CC[C@]1(c2ccccc2)C=CC(=O)N1. The summed E-state index contributed by atoms with van der Waals surface area (Å²) in [7, 11) is 0. The van der Waals surface area contributed by atoms with Gasteiger partial charge in [0.1, 0.15) is 5.78 Å². The number of ketones is 1. The van der Waals surface area contributed by atoms with E-state index >= 15 is 0 Å². The van der Waals surface area contributed by atoms with Crippen LogP contribution in [0.25, 0.3) is 0 Å². The van der Waals surface area contributed by atoms with Crippen LogP contribution < -0.4 is 5.32 Å². The molecule has 88 valence electrons. The fourth-order valence-corrected chi connectivity index (χ4v) is 2.09. The molecular formula is C14H15NO2. The molecule has 3 nitrogen and oxygen atoms in total. The van der Waals surface area contributed by atoms with Crippen molar-refractivity contribution < 1.29 is 9.59 Å². The number of Topliss-reactive ketones (excluding diaryl/α,β-unsaturated/α-hetero) is 1. The van der Waals surface area contributed by atoms with Gasteiger partial charge < -0.3 is 10.1 Å². The number of nitrogens with one attached hydrogen (secondary N) is 1. The Morgan fingerprint density at radius 3 is 2.53 bits per heavy atom. The van der Waals surface area contributed by atoms with Gasteiger partial charge in [-0.05, 0) is 25.0 Å². The molecular weight excluding hydrogens is 214 g/mol. The molecule has 0 saturated carbocycles. The Balaban J connectivity index is 2.29. The number of carbonyl (C=O) groups excluding carboxylic acids is 2. The highest BCUT2D eigenvalue weighted by atomic mass is 16.1. The normalized spacial score (nSPS) is 22.5. The zero-order valence-electron chi connectivity index (χ0n) is 9.77. The molecule has 0 saturated heterocycles. The summed E-state index contributed by atoms with van der Waals surface area (Å²) < 4.78 is 0.